The Bertz CT molecular complexity index is 316. The Balaban J connectivity index is 0.00000200. The fourth-order valence-electron chi connectivity index (χ4n) is 3.73. The molecule has 0 aromatic heterocycles. The van der Waals surface area contributed by atoms with Crippen molar-refractivity contribution in [3.05, 3.63) is 0 Å². The average molecular weight is 395 g/mol. The summed E-state index contributed by atoms with van der Waals surface area (Å²) in [6.45, 7) is 8.87. The van der Waals surface area contributed by atoms with Gasteiger partial charge in [0.2, 0.25) is 0 Å². The van der Waals surface area contributed by atoms with E-state index in [0.29, 0.717) is 17.6 Å². The van der Waals surface area contributed by atoms with Crippen LogP contribution in [0.15, 0.2) is 4.99 Å². The summed E-state index contributed by atoms with van der Waals surface area (Å²) >= 11 is 0. The molecule has 0 heterocycles. The van der Waals surface area contributed by atoms with E-state index in [-0.39, 0.29) is 24.0 Å². The summed E-state index contributed by atoms with van der Waals surface area (Å²) in [5.74, 6) is 0.969. The predicted octanol–water partition coefficient (Wildman–Crippen LogP) is 2.92. The first kappa shape index (κ1) is 18.0. The van der Waals surface area contributed by atoms with Crippen LogP contribution >= 0.6 is 24.0 Å². The van der Waals surface area contributed by atoms with Gasteiger partial charge < -0.3 is 15.4 Å². The molecule has 118 valence electrons. The van der Waals surface area contributed by atoms with E-state index >= 15 is 0 Å². The second kappa shape index (κ2) is 8.41. The van der Waals surface area contributed by atoms with Crippen LogP contribution in [0.1, 0.15) is 52.9 Å². The predicted molar refractivity (Wildman–Crippen MR) is 94.9 cm³/mol. The quantitative estimate of drug-likeness (QED) is 0.428. The lowest BCUT2D eigenvalue weighted by Gasteiger charge is -2.54. The van der Waals surface area contributed by atoms with Gasteiger partial charge in [0, 0.05) is 31.2 Å². The van der Waals surface area contributed by atoms with Gasteiger partial charge in [-0.05, 0) is 40.0 Å². The highest BCUT2D eigenvalue weighted by molar-refractivity contribution is 14.0. The van der Waals surface area contributed by atoms with Gasteiger partial charge in [-0.1, -0.05) is 12.8 Å². The van der Waals surface area contributed by atoms with Crippen molar-refractivity contribution in [2.24, 2.45) is 10.4 Å². The molecule has 2 unspecified atom stereocenters. The molecule has 2 aliphatic rings. The molecule has 2 rings (SSSR count). The lowest BCUT2D eigenvalue weighted by Crippen LogP contribution is -2.65. The molecule has 0 radical (unpaired) electrons. The van der Waals surface area contributed by atoms with Crippen LogP contribution < -0.4 is 10.6 Å². The SMILES string of the molecule is CCN=C(NCC)NC1CC(OCC)C12CCCC2.I. The Hall–Kier alpha value is -0.0400. The summed E-state index contributed by atoms with van der Waals surface area (Å²) in [4.78, 5) is 4.51. The molecule has 1 spiro atoms. The van der Waals surface area contributed by atoms with Crippen LogP contribution in [-0.4, -0.2) is 37.8 Å². The van der Waals surface area contributed by atoms with Crippen LogP contribution in [0, 0.1) is 5.41 Å². The van der Waals surface area contributed by atoms with Crippen LogP contribution in [0.5, 0.6) is 0 Å². The van der Waals surface area contributed by atoms with Crippen LogP contribution in [0.2, 0.25) is 0 Å². The van der Waals surface area contributed by atoms with Crippen molar-refractivity contribution in [1.29, 1.82) is 0 Å². The van der Waals surface area contributed by atoms with E-state index < -0.39 is 0 Å². The minimum atomic E-state index is 0. The highest BCUT2D eigenvalue weighted by atomic mass is 127. The zero-order valence-corrected chi connectivity index (χ0v) is 15.4. The maximum Gasteiger partial charge on any atom is 0.191 e. The molecular formula is C15H30IN3O. The number of ether oxygens (including phenoxy) is 1. The molecule has 0 amide bonds. The summed E-state index contributed by atoms with van der Waals surface area (Å²) in [7, 11) is 0. The minimum Gasteiger partial charge on any atom is -0.378 e. The first-order valence-electron chi connectivity index (χ1n) is 7.93. The van der Waals surface area contributed by atoms with Crippen molar-refractivity contribution in [3.63, 3.8) is 0 Å². The Morgan fingerprint density at radius 1 is 1.25 bits per heavy atom. The van der Waals surface area contributed by atoms with E-state index in [4.69, 9.17) is 4.74 Å². The summed E-state index contributed by atoms with van der Waals surface area (Å²) in [6, 6.07) is 0.538. The maximum absolute atomic E-state index is 5.95. The maximum atomic E-state index is 5.95. The fraction of sp³-hybridized carbons (Fsp3) is 0.933. The zero-order valence-electron chi connectivity index (χ0n) is 13.1. The molecule has 0 saturated heterocycles. The highest BCUT2D eigenvalue weighted by Crippen LogP contribution is 2.54. The topological polar surface area (TPSA) is 45.7 Å². The molecule has 0 aliphatic heterocycles. The average Bonchev–Trinajstić information content (AvgIpc) is 2.90. The Morgan fingerprint density at radius 3 is 2.50 bits per heavy atom. The molecular weight excluding hydrogens is 365 g/mol. The lowest BCUT2D eigenvalue weighted by molar-refractivity contribution is -0.125. The first-order valence-corrected chi connectivity index (χ1v) is 7.93. The number of hydrogen-bond acceptors (Lipinski definition) is 2. The molecule has 0 aromatic carbocycles. The van der Waals surface area contributed by atoms with Crippen molar-refractivity contribution in [2.45, 2.75) is 65.0 Å². The molecule has 2 N–H and O–H groups in total. The molecule has 0 aromatic rings. The zero-order chi connectivity index (χ0) is 13.7. The third-order valence-corrected chi connectivity index (χ3v) is 4.66. The van der Waals surface area contributed by atoms with Gasteiger partial charge in [-0.2, -0.15) is 0 Å². The lowest BCUT2D eigenvalue weighted by atomic mass is 9.60. The number of guanidine groups is 1. The Morgan fingerprint density at radius 2 is 1.95 bits per heavy atom. The number of nitrogens with zero attached hydrogens (tertiary/aromatic N) is 1. The van der Waals surface area contributed by atoms with Gasteiger partial charge in [0.25, 0.3) is 0 Å². The second-order valence-electron chi connectivity index (χ2n) is 5.67. The molecule has 5 heteroatoms. The van der Waals surface area contributed by atoms with E-state index in [1.54, 1.807) is 0 Å². The number of halogens is 1. The van der Waals surface area contributed by atoms with E-state index in [0.717, 1.165) is 32.1 Å². The van der Waals surface area contributed by atoms with Crippen molar-refractivity contribution < 1.29 is 4.74 Å². The summed E-state index contributed by atoms with van der Waals surface area (Å²) in [6.07, 6.45) is 6.90. The van der Waals surface area contributed by atoms with Crippen molar-refractivity contribution in [1.82, 2.24) is 10.6 Å². The van der Waals surface area contributed by atoms with Gasteiger partial charge in [0.1, 0.15) is 0 Å². The molecule has 0 bridgehead atoms. The van der Waals surface area contributed by atoms with E-state index in [9.17, 15) is 0 Å². The minimum absolute atomic E-state index is 0. The van der Waals surface area contributed by atoms with Gasteiger partial charge in [0.15, 0.2) is 5.96 Å². The van der Waals surface area contributed by atoms with E-state index in [1.165, 1.54) is 25.7 Å². The standard InChI is InChI=1S/C15H29N3O.HI/c1-4-16-14(17-5-2)18-12-11-13(19-6-3)15(12)9-7-8-10-15;/h12-13H,4-11H2,1-3H3,(H2,16,17,18);1H. The monoisotopic (exact) mass is 395 g/mol. The largest absolute Gasteiger partial charge is 0.378 e. The number of nitrogens with one attached hydrogen (secondary N) is 2. The van der Waals surface area contributed by atoms with E-state index in [1.807, 2.05) is 0 Å². The van der Waals surface area contributed by atoms with Crippen molar-refractivity contribution >= 4 is 29.9 Å². The van der Waals surface area contributed by atoms with Crippen LogP contribution in [0.25, 0.3) is 0 Å². The molecule has 2 aliphatic carbocycles. The number of rotatable bonds is 5. The second-order valence-corrected chi connectivity index (χ2v) is 5.67. The third-order valence-electron chi connectivity index (χ3n) is 4.66. The van der Waals surface area contributed by atoms with Crippen molar-refractivity contribution in [2.75, 3.05) is 19.7 Å². The summed E-state index contributed by atoms with van der Waals surface area (Å²) < 4.78 is 5.95. The Kier molecular flexibility index (Phi) is 7.58. The molecule has 2 fully saturated rings. The number of hydrogen-bond donors (Lipinski definition) is 2. The van der Waals surface area contributed by atoms with Gasteiger partial charge in [-0.15, -0.1) is 24.0 Å². The van der Waals surface area contributed by atoms with Gasteiger partial charge in [-0.3, -0.25) is 4.99 Å². The molecule has 2 saturated carbocycles. The van der Waals surface area contributed by atoms with E-state index in [2.05, 4.69) is 36.4 Å². The van der Waals surface area contributed by atoms with Gasteiger partial charge in [0.05, 0.1) is 6.10 Å². The Labute approximate surface area is 140 Å². The summed E-state index contributed by atoms with van der Waals surface area (Å²) in [5.41, 5.74) is 0.375. The van der Waals surface area contributed by atoms with Gasteiger partial charge >= 0.3 is 0 Å². The number of aliphatic imine (C=N–C) groups is 1. The smallest absolute Gasteiger partial charge is 0.191 e. The summed E-state index contributed by atoms with van der Waals surface area (Å²) in [5, 5.41) is 6.97. The molecule has 4 nitrogen and oxygen atoms in total. The van der Waals surface area contributed by atoms with Crippen LogP contribution in [-0.2, 0) is 4.74 Å². The highest BCUT2D eigenvalue weighted by Gasteiger charge is 2.56. The van der Waals surface area contributed by atoms with Crippen LogP contribution in [0.4, 0.5) is 0 Å². The third kappa shape index (κ3) is 3.59. The van der Waals surface area contributed by atoms with Crippen molar-refractivity contribution in [3.8, 4) is 0 Å². The van der Waals surface area contributed by atoms with Gasteiger partial charge in [-0.25, -0.2) is 0 Å². The van der Waals surface area contributed by atoms with Crippen LogP contribution in [0.3, 0.4) is 0 Å². The first-order chi connectivity index (χ1) is 9.26. The normalized spacial score (nSPS) is 27.9. The fourth-order valence-corrected chi connectivity index (χ4v) is 3.73. The molecule has 2 atom stereocenters. The molecule has 20 heavy (non-hydrogen) atoms.